The molecule has 0 aliphatic carbocycles. The van der Waals surface area contributed by atoms with Gasteiger partial charge in [0, 0.05) is 11.6 Å². The predicted molar refractivity (Wildman–Crippen MR) is 72.4 cm³/mol. The van der Waals surface area contributed by atoms with Gasteiger partial charge in [-0.1, -0.05) is 0 Å². The number of benzene rings is 1. The van der Waals surface area contributed by atoms with Crippen molar-refractivity contribution in [3.63, 3.8) is 0 Å². The molecule has 0 aliphatic rings. The van der Waals surface area contributed by atoms with E-state index in [0.717, 1.165) is 0 Å². The van der Waals surface area contributed by atoms with Crippen LogP contribution in [0.25, 0.3) is 0 Å². The van der Waals surface area contributed by atoms with Crippen LogP contribution in [-0.4, -0.2) is 21.3 Å². The average molecular weight is 264 g/mol. The number of hydrogen-bond donors (Lipinski definition) is 1. The zero-order valence-electron chi connectivity index (χ0n) is 12.0. The second kappa shape index (κ2) is 5.81. The first-order valence-corrected chi connectivity index (χ1v) is 5.88. The van der Waals surface area contributed by atoms with Gasteiger partial charge in [-0.05, 0) is 19.9 Å². The highest BCUT2D eigenvalue weighted by Crippen LogP contribution is 2.41. The zero-order valence-corrected chi connectivity index (χ0v) is 12.0. The minimum Gasteiger partial charge on any atom is -0.496 e. The van der Waals surface area contributed by atoms with Crippen LogP contribution >= 0.6 is 0 Å². The molecule has 0 saturated heterocycles. The predicted octanol–water partition coefficient (Wildman–Crippen LogP) is 2.26. The number of ether oxygens (including phenoxy) is 3. The Kier molecular flexibility index (Phi) is 4.62. The van der Waals surface area contributed by atoms with Gasteiger partial charge in [-0.2, -0.15) is 5.26 Å². The molecule has 0 aromatic heterocycles. The molecule has 1 aromatic rings. The van der Waals surface area contributed by atoms with Crippen LogP contribution in [0.4, 0.5) is 0 Å². The van der Waals surface area contributed by atoms with Crippen molar-refractivity contribution in [2.75, 3.05) is 21.3 Å². The fourth-order valence-corrected chi connectivity index (χ4v) is 1.75. The topological polar surface area (TPSA) is 77.5 Å². The molecule has 0 fully saturated rings. The molecule has 104 valence electrons. The van der Waals surface area contributed by atoms with Gasteiger partial charge in [-0.3, -0.25) is 0 Å². The van der Waals surface area contributed by atoms with Crippen molar-refractivity contribution in [3.05, 3.63) is 17.7 Å². The van der Waals surface area contributed by atoms with Crippen molar-refractivity contribution in [2.45, 2.75) is 19.9 Å². The van der Waals surface area contributed by atoms with E-state index in [1.54, 1.807) is 47.3 Å². The van der Waals surface area contributed by atoms with Gasteiger partial charge in [0.15, 0.2) is 11.5 Å². The maximum Gasteiger partial charge on any atom is 0.164 e. The Bertz CT molecular complexity index is 492. The Morgan fingerprint density at radius 2 is 1.53 bits per heavy atom. The molecular formula is C14H20N2O3. The van der Waals surface area contributed by atoms with Gasteiger partial charge in [0.05, 0.1) is 38.9 Å². The molecule has 1 atom stereocenters. The van der Waals surface area contributed by atoms with Gasteiger partial charge < -0.3 is 19.9 Å². The molecule has 0 spiro atoms. The van der Waals surface area contributed by atoms with Crippen LogP contribution in [-0.2, 0) is 0 Å². The number of rotatable bonds is 5. The van der Waals surface area contributed by atoms with Gasteiger partial charge in [0.2, 0.25) is 0 Å². The first-order valence-electron chi connectivity index (χ1n) is 5.88. The lowest BCUT2D eigenvalue weighted by atomic mass is 9.82. The van der Waals surface area contributed by atoms with E-state index < -0.39 is 11.5 Å². The van der Waals surface area contributed by atoms with E-state index in [1.165, 1.54) is 0 Å². The van der Waals surface area contributed by atoms with Gasteiger partial charge in [0.1, 0.15) is 5.75 Å². The maximum atomic E-state index is 9.19. The van der Waals surface area contributed by atoms with Crippen LogP contribution in [0.2, 0.25) is 0 Å². The first kappa shape index (κ1) is 15.1. The molecule has 1 aromatic carbocycles. The van der Waals surface area contributed by atoms with E-state index in [2.05, 4.69) is 6.07 Å². The quantitative estimate of drug-likeness (QED) is 0.882. The summed E-state index contributed by atoms with van der Waals surface area (Å²) in [6, 6.07) is 5.17. The van der Waals surface area contributed by atoms with Crippen LogP contribution < -0.4 is 19.9 Å². The summed E-state index contributed by atoms with van der Waals surface area (Å²) in [5.41, 5.74) is 6.18. The fraction of sp³-hybridized carbons (Fsp3) is 0.500. The summed E-state index contributed by atoms with van der Waals surface area (Å²) in [4.78, 5) is 0. The third kappa shape index (κ3) is 2.91. The Morgan fingerprint density at radius 1 is 1.05 bits per heavy atom. The second-order valence-electron chi connectivity index (χ2n) is 4.76. The van der Waals surface area contributed by atoms with Crippen molar-refractivity contribution in [2.24, 2.45) is 11.1 Å². The number of methoxy groups -OCH3 is 3. The molecule has 0 saturated carbocycles. The molecule has 0 radical (unpaired) electrons. The molecule has 0 amide bonds. The standard InChI is InChI=1S/C14H20N2O3/c1-14(2,8-15)13(16)9-6-11(18-4)12(19-5)7-10(9)17-3/h6-7,13H,16H2,1-5H3. The lowest BCUT2D eigenvalue weighted by Gasteiger charge is -2.26. The molecule has 1 unspecified atom stereocenters. The smallest absolute Gasteiger partial charge is 0.164 e. The summed E-state index contributed by atoms with van der Waals surface area (Å²) < 4.78 is 15.8. The van der Waals surface area contributed by atoms with E-state index in [-0.39, 0.29) is 0 Å². The highest BCUT2D eigenvalue weighted by Gasteiger charge is 2.30. The van der Waals surface area contributed by atoms with Crippen molar-refractivity contribution in [1.29, 1.82) is 5.26 Å². The van der Waals surface area contributed by atoms with E-state index in [4.69, 9.17) is 19.9 Å². The van der Waals surface area contributed by atoms with Crippen molar-refractivity contribution in [3.8, 4) is 23.3 Å². The fourth-order valence-electron chi connectivity index (χ4n) is 1.75. The Labute approximate surface area is 113 Å². The number of hydrogen-bond acceptors (Lipinski definition) is 5. The molecular weight excluding hydrogens is 244 g/mol. The van der Waals surface area contributed by atoms with Crippen LogP contribution in [0.15, 0.2) is 12.1 Å². The minimum atomic E-state index is -0.715. The SMILES string of the molecule is COc1cc(OC)c(C(N)C(C)(C)C#N)cc1OC. The van der Waals surface area contributed by atoms with E-state index in [1.807, 2.05) is 0 Å². The lowest BCUT2D eigenvalue weighted by Crippen LogP contribution is -2.28. The summed E-state index contributed by atoms with van der Waals surface area (Å²) in [6.07, 6.45) is 0. The van der Waals surface area contributed by atoms with Gasteiger partial charge in [-0.25, -0.2) is 0 Å². The summed E-state index contributed by atoms with van der Waals surface area (Å²) in [7, 11) is 4.65. The Balaban J connectivity index is 3.38. The van der Waals surface area contributed by atoms with Gasteiger partial charge >= 0.3 is 0 Å². The zero-order chi connectivity index (χ0) is 14.6. The molecule has 0 aliphatic heterocycles. The van der Waals surface area contributed by atoms with Crippen LogP contribution in [0.1, 0.15) is 25.5 Å². The summed E-state index contributed by atoms with van der Waals surface area (Å²) in [6.45, 7) is 3.57. The Hall–Kier alpha value is -1.93. The monoisotopic (exact) mass is 264 g/mol. The first-order chi connectivity index (χ1) is 8.91. The molecule has 5 heteroatoms. The Morgan fingerprint density at radius 3 is 1.95 bits per heavy atom. The molecule has 2 N–H and O–H groups in total. The number of nitrogens with two attached hydrogens (primary N) is 1. The van der Waals surface area contributed by atoms with E-state index >= 15 is 0 Å². The van der Waals surface area contributed by atoms with Crippen LogP contribution in [0, 0.1) is 16.7 Å². The third-order valence-corrected chi connectivity index (χ3v) is 3.14. The van der Waals surface area contributed by atoms with Gasteiger partial charge in [-0.15, -0.1) is 0 Å². The minimum absolute atomic E-state index is 0.493. The highest BCUT2D eigenvalue weighted by atomic mass is 16.5. The van der Waals surface area contributed by atoms with E-state index in [9.17, 15) is 5.26 Å². The van der Waals surface area contributed by atoms with Crippen molar-refractivity contribution in [1.82, 2.24) is 0 Å². The van der Waals surface area contributed by atoms with Crippen LogP contribution in [0.3, 0.4) is 0 Å². The summed E-state index contributed by atoms with van der Waals surface area (Å²) in [5.74, 6) is 1.70. The lowest BCUT2D eigenvalue weighted by molar-refractivity contribution is 0.336. The average Bonchev–Trinajstić information content (AvgIpc) is 2.44. The summed E-state index contributed by atoms with van der Waals surface area (Å²) >= 11 is 0. The number of nitriles is 1. The van der Waals surface area contributed by atoms with E-state index in [0.29, 0.717) is 22.8 Å². The normalized spacial score (nSPS) is 12.5. The largest absolute Gasteiger partial charge is 0.496 e. The van der Waals surface area contributed by atoms with Gasteiger partial charge in [0.25, 0.3) is 0 Å². The summed E-state index contributed by atoms with van der Waals surface area (Å²) in [5, 5.41) is 9.19. The van der Waals surface area contributed by atoms with Crippen LogP contribution in [0.5, 0.6) is 17.2 Å². The van der Waals surface area contributed by atoms with Crippen molar-refractivity contribution < 1.29 is 14.2 Å². The maximum absolute atomic E-state index is 9.19. The number of nitrogens with zero attached hydrogens (tertiary/aromatic N) is 1. The molecule has 0 heterocycles. The molecule has 0 bridgehead atoms. The second-order valence-corrected chi connectivity index (χ2v) is 4.76. The third-order valence-electron chi connectivity index (χ3n) is 3.14. The molecule has 1 rings (SSSR count). The molecule has 5 nitrogen and oxygen atoms in total. The van der Waals surface area contributed by atoms with Crippen molar-refractivity contribution >= 4 is 0 Å². The highest BCUT2D eigenvalue weighted by molar-refractivity contribution is 5.52. The molecule has 19 heavy (non-hydrogen) atoms.